The number of anilines is 1. The summed E-state index contributed by atoms with van der Waals surface area (Å²) in [6, 6.07) is 7.65. The summed E-state index contributed by atoms with van der Waals surface area (Å²) in [6.45, 7) is 0. The van der Waals surface area contributed by atoms with Crippen LogP contribution in [0, 0.1) is 0 Å². The Morgan fingerprint density at radius 2 is 2.16 bits per heavy atom. The second-order valence-electron chi connectivity index (χ2n) is 3.99. The smallest absolute Gasteiger partial charge is 0.358 e. The van der Waals surface area contributed by atoms with Crippen molar-refractivity contribution in [3.05, 3.63) is 42.4 Å². The minimum Gasteiger partial charge on any atom is -0.464 e. The van der Waals surface area contributed by atoms with Crippen LogP contribution in [-0.4, -0.2) is 22.5 Å². The fraction of sp³-hybridized carbons (Fsp3) is 0.0769. The zero-order valence-corrected chi connectivity index (χ0v) is 11.0. The van der Waals surface area contributed by atoms with Gasteiger partial charge < -0.3 is 10.5 Å². The van der Waals surface area contributed by atoms with Crippen LogP contribution < -0.4 is 5.73 Å². The van der Waals surface area contributed by atoms with Gasteiger partial charge in [-0.15, -0.1) is 0 Å². The molecule has 0 saturated heterocycles. The number of aromatic nitrogens is 2. The van der Waals surface area contributed by atoms with Gasteiger partial charge in [0.1, 0.15) is 0 Å². The molecule has 0 unspecified atom stereocenters. The van der Waals surface area contributed by atoms with E-state index >= 15 is 0 Å². The first-order valence-corrected chi connectivity index (χ1v) is 6.42. The van der Waals surface area contributed by atoms with Crippen LogP contribution >= 0.6 is 11.3 Å². The average molecular weight is 273 g/mol. The Morgan fingerprint density at radius 1 is 1.37 bits per heavy atom. The maximum atomic E-state index is 11.4. The van der Waals surface area contributed by atoms with E-state index in [1.54, 1.807) is 10.6 Å². The van der Waals surface area contributed by atoms with E-state index in [9.17, 15) is 4.79 Å². The standard InChI is InChI=1S/C13H11N3O2S/c1-18-12(17)10-6-16-7-11(19-13(16)15-10)8-4-2-3-5-9(8)14/h2-7H,14H2,1H3. The summed E-state index contributed by atoms with van der Waals surface area (Å²) in [5.74, 6) is -0.434. The molecule has 2 heterocycles. The lowest BCUT2D eigenvalue weighted by atomic mass is 10.1. The van der Waals surface area contributed by atoms with E-state index in [0.717, 1.165) is 21.1 Å². The monoisotopic (exact) mass is 273 g/mol. The normalized spacial score (nSPS) is 10.8. The van der Waals surface area contributed by atoms with Crippen molar-refractivity contribution in [2.75, 3.05) is 12.8 Å². The summed E-state index contributed by atoms with van der Waals surface area (Å²) >= 11 is 1.48. The summed E-state index contributed by atoms with van der Waals surface area (Å²) in [5, 5.41) is 0. The largest absolute Gasteiger partial charge is 0.464 e. The maximum Gasteiger partial charge on any atom is 0.358 e. The summed E-state index contributed by atoms with van der Waals surface area (Å²) < 4.78 is 6.44. The molecule has 0 bridgehead atoms. The van der Waals surface area contributed by atoms with Gasteiger partial charge in [-0.25, -0.2) is 9.78 Å². The van der Waals surface area contributed by atoms with Crippen LogP contribution in [0.4, 0.5) is 5.69 Å². The zero-order chi connectivity index (χ0) is 13.4. The number of esters is 1. The molecule has 96 valence electrons. The Kier molecular flexibility index (Phi) is 2.72. The van der Waals surface area contributed by atoms with Crippen LogP contribution in [0.1, 0.15) is 10.5 Å². The number of nitrogens with zero attached hydrogens (tertiary/aromatic N) is 2. The topological polar surface area (TPSA) is 69.6 Å². The lowest BCUT2D eigenvalue weighted by molar-refractivity contribution is 0.0595. The maximum absolute atomic E-state index is 11.4. The number of hydrogen-bond donors (Lipinski definition) is 1. The number of fused-ring (bicyclic) bond motifs is 1. The summed E-state index contributed by atoms with van der Waals surface area (Å²) in [6.07, 6.45) is 3.56. The Morgan fingerprint density at radius 3 is 2.84 bits per heavy atom. The molecule has 2 aromatic heterocycles. The summed E-state index contributed by atoms with van der Waals surface area (Å²) in [4.78, 5) is 17.3. The molecule has 6 heteroatoms. The lowest BCUT2D eigenvalue weighted by Gasteiger charge is -2.00. The van der Waals surface area contributed by atoms with E-state index in [2.05, 4.69) is 9.72 Å². The first-order valence-electron chi connectivity index (χ1n) is 5.61. The number of carbonyl (C=O) groups is 1. The summed E-state index contributed by atoms with van der Waals surface area (Å²) in [5.41, 5.74) is 7.94. The zero-order valence-electron chi connectivity index (χ0n) is 10.2. The van der Waals surface area contributed by atoms with Crippen LogP contribution in [0.3, 0.4) is 0 Å². The fourth-order valence-corrected chi connectivity index (χ4v) is 2.86. The quantitative estimate of drug-likeness (QED) is 0.575. The number of methoxy groups -OCH3 is 1. The lowest BCUT2D eigenvalue weighted by Crippen LogP contribution is -2.00. The molecular formula is C13H11N3O2S. The van der Waals surface area contributed by atoms with E-state index < -0.39 is 5.97 Å². The highest BCUT2D eigenvalue weighted by Crippen LogP contribution is 2.32. The molecule has 0 fully saturated rings. The van der Waals surface area contributed by atoms with E-state index in [1.807, 2.05) is 30.5 Å². The van der Waals surface area contributed by atoms with Crippen molar-refractivity contribution in [1.29, 1.82) is 0 Å². The van der Waals surface area contributed by atoms with Crippen molar-refractivity contribution in [2.24, 2.45) is 0 Å². The number of thiazole rings is 1. The molecule has 0 spiro atoms. The second-order valence-corrected chi connectivity index (χ2v) is 5.00. The van der Waals surface area contributed by atoms with E-state index in [1.165, 1.54) is 18.4 Å². The molecule has 0 amide bonds. The Balaban J connectivity index is 2.07. The van der Waals surface area contributed by atoms with Crippen molar-refractivity contribution >= 4 is 28.0 Å². The molecule has 0 aliphatic rings. The average Bonchev–Trinajstić information content (AvgIpc) is 2.96. The van der Waals surface area contributed by atoms with Gasteiger partial charge in [0, 0.05) is 23.6 Å². The third-order valence-electron chi connectivity index (χ3n) is 2.78. The number of benzene rings is 1. The molecule has 3 rings (SSSR count). The predicted octanol–water partition coefficient (Wildman–Crippen LogP) is 2.43. The van der Waals surface area contributed by atoms with Crippen LogP contribution in [0.2, 0.25) is 0 Å². The molecule has 0 aliphatic carbocycles. The molecule has 0 saturated carbocycles. The van der Waals surface area contributed by atoms with Gasteiger partial charge in [-0.3, -0.25) is 4.40 Å². The number of nitrogen functional groups attached to an aromatic ring is 1. The van der Waals surface area contributed by atoms with Crippen molar-refractivity contribution in [3.63, 3.8) is 0 Å². The van der Waals surface area contributed by atoms with Crippen LogP contribution in [-0.2, 0) is 4.74 Å². The number of para-hydroxylation sites is 1. The Hall–Kier alpha value is -2.34. The molecule has 19 heavy (non-hydrogen) atoms. The van der Waals surface area contributed by atoms with Gasteiger partial charge in [0.15, 0.2) is 10.7 Å². The molecule has 0 atom stereocenters. The third-order valence-corrected chi connectivity index (χ3v) is 3.81. The molecule has 0 aliphatic heterocycles. The minimum atomic E-state index is -0.434. The van der Waals surface area contributed by atoms with Gasteiger partial charge in [0.2, 0.25) is 0 Å². The van der Waals surface area contributed by atoms with E-state index in [4.69, 9.17) is 5.73 Å². The third kappa shape index (κ3) is 1.96. The molecular weight excluding hydrogens is 262 g/mol. The number of ether oxygens (including phenoxy) is 1. The van der Waals surface area contributed by atoms with Crippen LogP contribution in [0.15, 0.2) is 36.7 Å². The molecule has 3 aromatic rings. The van der Waals surface area contributed by atoms with E-state index in [-0.39, 0.29) is 0 Å². The van der Waals surface area contributed by atoms with Crippen molar-refractivity contribution in [2.45, 2.75) is 0 Å². The van der Waals surface area contributed by atoms with Gasteiger partial charge in [0.05, 0.1) is 12.0 Å². The highest BCUT2D eigenvalue weighted by atomic mass is 32.1. The number of nitrogens with two attached hydrogens (primary N) is 1. The van der Waals surface area contributed by atoms with E-state index in [0.29, 0.717) is 5.69 Å². The number of hydrogen-bond acceptors (Lipinski definition) is 5. The number of imidazole rings is 1. The number of rotatable bonds is 2. The van der Waals surface area contributed by atoms with Gasteiger partial charge in [0.25, 0.3) is 0 Å². The Labute approximate surface area is 113 Å². The first kappa shape index (κ1) is 11.7. The van der Waals surface area contributed by atoms with Gasteiger partial charge in [-0.05, 0) is 6.07 Å². The predicted molar refractivity (Wildman–Crippen MR) is 74.3 cm³/mol. The SMILES string of the molecule is COC(=O)c1cn2cc(-c3ccccc3N)sc2n1. The molecule has 0 radical (unpaired) electrons. The highest BCUT2D eigenvalue weighted by Gasteiger charge is 2.14. The molecule has 5 nitrogen and oxygen atoms in total. The molecule has 2 N–H and O–H groups in total. The van der Waals surface area contributed by atoms with Crippen molar-refractivity contribution in [1.82, 2.24) is 9.38 Å². The van der Waals surface area contributed by atoms with Crippen molar-refractivity contribution < 1.29 is 9.53 Å². The second kappa shape index (κ2) is 4.40. The van der Waals surface area contributed by atoms with Gasteiger partial charge in [-0.2, -0.15) is 0 Å². The summed E-state index contributed by atoms with van der Waals surface area (Å²) in [7, 11) is 1.34. The number of carbonyl (C=O) groups excluding carboxylic acids is 1. The Bertz CT molecular complexity index is 729. The highest BCUT2D eigenvalue weighted by molar-refractivity contribution is 7.20. The minimum absolute atomic E-state index is 0.307. The van der Waals surface area contributed by atoms with Crippen LogP contribution in [0.5, 0.6) is 0 Å². The van der Waals surface area contributed by atoms with Gasteiger partial charge in [-0.1, -0.05) is 29.5 Å². The van der Waals surface area contributed by atoms with Crippen LogP contribution in [0.25, 0.3) is 15.4 Å². The molecule has 1 aromatic carbocycles. The fourth-order valence-electron chi connectivity index (χ4n) is 1.84. The van der Waals surface area contributed by atoms with Gasteiger partial charge >= 0.3 is 5.97 Å². The van der Waals surface area contributed by atoms with Crippen molar-refractivity contribution in [3.8, 4) is 10.4 Å². The first-order chi connectivity index (χ1) is 9.19.